The molecule has 0 unspecified atom stereocenters. The Labute approximate surface area is 114 Å². The molecule has 0 bridgehead atoms. The zero-order valence-corrected chi connectivity index (χ0v) is 12.1. The number of nitrogens with zero attached hydrogens (tertiary/aromatic N) is 2. The van der Waals surface area contributed by atoms with Crippen molar-refractivity contribution in [3.05, 3.63) is 46.8 Å². The van der Waals surface area contributed by atoms with Gasteiger partial charge in [0.25, 0.3) is 0 Å². The highest BCUT2D eigenvalue weighted by Gasteiger charge is 2.42. The molecule has 2 heterocycles. The average molecular weight is 252 g/mol. The molecule has 2 aromatic rings. The van der Waals surface area contributed by atoms with Crippen LogP contribution in [-0.2, 0) is 5.41 Å². The van der Waals surface area contributed by atoms with Crippen molar-refractivity contribution in [2.24, 2.45) is 0 Å². The Morgan fingerprint density at radius 3 is 1.63 bits per heavy atom. The van der Waals surface area contributed by atoms with E-state index in [-0.39, 0.29) is 5.41 Å². The van der Waals surface area contributed by atoms with Gasteiger partial charge < -0.3 is 0 Å². The van der Waals surface area contributed by atoms with E-state index in [9.17, 15) is 0 Å². The molecule has 0 fully saturated rings. The summed E-state index contributed by atoms with van der Waals surface area (Å²) in [6.45, 7) is 8.77. The number of pyridine rings is 2. The molecule has 0 radical (unpaired) electrons. The summed E-state index contributed by atoms with van der Waals surface area (Å²) in [6, 6.07) is 4.60. The van der Waals surface area contributed by atoms with Crippen LogP contribution in [0.15, 0.2) is 24.5 Å². The average Bonchev–Trinajstić information content (AvgIpc) is 2.67. The topological polar surface area (TPSA) is 25.8 Å². The van der Waals surface area contributed by atoms with Gasteiger partial charge in [-0.2, -0.15) is 0 Å². The van der Waals surface area contributed by atoms with Crippen LogP contribution in [0.4, 0.5) is 0 Å². The quantitative estimate of drug-likeness (QED) is 0.801. The number of aromatic nitrogens is 2. The van der Waals surface area contributed by atoms with Gasteiger partial charge in [-0.05, 0) is 48.9 Å². The minimum Gasteiger partial charge on any atom is -0.254 e. The molecule has 0 atom stereocenters. The zero-order chi connectivity index (χ0) is 13.6. The number of aryl methyl sites for hydroxylation is 2. The fourth-order valence-electron chi connectivity index (χ4n) is 3.40. The molecule has 0 aromatic carbocycles. The first kappa shape index (κ1) is 12.3. The Morgan fingerprint density at radius 2 is 1.26 bits per heavy atom. The first-order valence-electron chi connectivity index (χ1n) is 7.07. The highest BCUT2D eigenvalue weighted by Crippen LogP contribution is 2.51. The Hall–Kier alpha value is -1.70. The van der Waals surface area contributed by atoms with Crippen LogP contribution in [0.3, 0.4) is 0 Å². The fraction of sp³-hybridized carbons (Fsp3) is 0.412. The molecule has 1 aliphatic carbocycles. The number of fused-ring (bicyclic) bond motifs is 3. The highest BCUT2D eigenvalue weighted by molar-refractivity contribution is 5.75. The maximum Gasteiger partial charge on any atom is 0.0930 e. The Morgan fingerprint density at radius 1 is 0.842 bits per heavy atom. The third kappa shape index (κ3) is 1.55. The smallest absolute Gasteiger partial charge is 0.0930 e. The van der Waals surface area contributed by atoms with Crippen LogP contribution in [0, 0.1) is 13.8 Å². The van der Waals surface area contributed by atoms with Crippen molar-refractivity contribution < 1.29 is 0 Å². The molecule has 19 heavy (non-hydrogen) atoms. The summed E-state index contributed by atoms with van der Waals surface area (Å²) in [5.41, 5.74) is 7.47. The molecule has 0 aliphatic heterocycles. The molecule has 0 saturated carbocycles. The molecule has 2 nitrogen and oxygen atoms in total. The van der Waals surface area contributed by atoms with Crippen LogP contribution in [0.1, 0.15) is 48.9 Å². The first-order valence-corrected chi connectivity index (χ1v) is 7.07. The van der Waals surface area contributed by atoms with E-state index < -0.39 is 0 Å². The summed E-state index contributed by atoms with van der Waals surface area (Å²) < 4.78 is 0. The molecular formula is C17H20N2. The van der Waals surface area contributed by atoms with E-state index in [1.807, 2.05) is 12.4 Å². The molecular weight excluding hydrogens is 232 g/mol. The lowest BCUT2D eigenvalue weighted by Gasteiger charge is -2.29. The van der Waals surface area contributed by atoms with Gasteiger partial charge in [0.05, 0.1) is 11.4 Å². The molecule has 0 N–H and O–H groups in total. The standard InChI is InChI=1S/C17H20N2/c1-5-17(6-2)13-7-11(3)9-18-15(13)16-14(17)8-12(4)10-19-16/h7-10H,5-6H2,1-4H3. The molecule has 0 spiro atoms. The third-order valence-corrected chi connectivity index (χ3v) is 4.51. The van der Waals surface area contributed by atoms with Gasteiger partial charge in [0.15, 0.2) is 0 Å². The Bertz CT molecular complexity index is 586. The molecule has 2 heteroatoms. The van der Waals surface area contributed by atoms with Crippen LogP contribution in [0.5, 0.6) is 0 Å². The minimum atomic E-state index is 0.0999. The molecule has 2 aromatic heterocycles. The van der Waals surface area contributed by atoms with E-state index in [0.29, 0.717) is 0 Å². The molecule has 3 rings (SSSR count). The van der Waals surface area contributed by atoms with Crippen molar-refractivity contribution >= 4 is 0 Å². The van der Waals surface area contributed by atoms with Crippen LogP contribution in [0.25, 0.3) is 11.4 Å². The number of hydrogen-bond donors (Lipinski definition) is 0. The van der Waals surface area contributed by atoms with Gasteiger partial charge in [-0.3, -0.25) is 9.97 Å². The highest BCUT2D eigenvalue weighted by atomic mass is 14.8. The van der Waals surface area contributed by atoms with Crippen molar-refractivity contribution in [1.82, 2.24) is 9.97 Å². The molecule has 0 amide bonds. The second-order valence-corrected chi connectivity index (χ2v) is 5.61. The second kappa shape index (κ2) is 4.16. The SMILES string of the molecule is CCC1(CC)c2cc(C)cnc2-c2ncc(C)cc21. The predicted octanol–water partition coefficient (Wildman–Crippen LogP) is 4.18. The lowest BCUT2D eigenvalue weighted by Crippen LogP contribution is -2.23. The predicted molar refractivity (Wildman–Crippen MR) is 78.3 cm³/mol. The summed E-state index contributed by atoms with van der Waals surface area (Å²) in [5.74, 6) is 0. The van der Waals surface area contributed by atoms with Crippen molar-refractivity contribution in [2.45, 2.75) is 46.0 Å². The van der Waals surface area contributed by atoms with E-state index in [1.165, 1.54) is 22.3 Å². The molecule has 1 aliphatic rings. The first-order chi connectivity index (χ1) is 9.12. The maximum atomic E-state index is 4.66. The van der Waals surface area contributed by atoms with E-state index in [4.69, 9.17) is 0 Å². The molecule has 0 saturated heterocycles. The van der Waals surface area contributed by atoms with Gasteiger partial charge in [-0.25, -0.2) is 0 Å². The van der Waals surface area contributed by atoms with Gasteiger partial charge in [0.2, 0.25) is 0 Å². The molecule has 98 valence electrons. The minimum absolute atomic E-state index is 0.0999. The van der Waals surface area contributed by atoms with E-state index in [1.54, 1.807) is 0 Å². The Balaban J connectivity index is 2.38. The zero-order valence-electron chi connectivity index (χ0n) is 12.1. The van der Waals surface area contributed by atoms with Gasteiger partial charge in [0, 0.05) is 17.8 Å². The lowest BCUT2D eigenvalue weighted by molar-refractivity contribution is 0.488. The summed E-state index contributed by atoms with van der Waals surface area (Å²) in [7, 11) is 0. The third-order valence-electron chi connectivity index (χ3n) is 4.51. The van der Waals surface area contributed by atoms with Crippen LogP contribution < -0.4 is 0 Å². The van der Waals surface area contributed by atoms with Gasteiger partial charge in [-0.15, -0.1) is 0 Å². The van der Waals surface area contributed by atoms with Gasteiger partial charge >= 0.3 is 0 Å². The second-order valence-electron chi connectivity index (χ2n) is 5.61. The van der Waals surface area contributed by atoms with Crippen molar-refractivity contribution in [1.29, 1.82) is 0 Å². The van der Waals surface area contributed by atoms with Crippen LogP contribution in [0.2, 0.25) is 0 Å². The monoisotopic (exact) mass is 252 g/mol. The maximum absolute atomic E-state index is 4.66. The Kier molecular flexibility index (Phi) is 2.70. The van der Waals surface area contributed by atoms with Gasteiger partial charge in [-0.1, -0.05) is 26.0 Å². The van der Waals surface area contributed by atoms with Gasteiger partial charge in [0.1, 0.15) is 0 Å². The normalized spacial score (nSPS) is 15.2. The number of rotatable bonds is 2. The van der Waals surface area contributed by atoms with Crippen molar-refractivity contribution in [2.75, 3.05) is 0 Å². The van der Waals surface area contributed by atoms with E-state index >= 15 is 0 Å². The van der Waals surface area contributed by atoms with Crippen LogP contribution in [-0.4, -0.2) is 9.97 Å². The largest absolute Gasteiger partial charge is 0.254 e. The summed E-state index contributed by atoms with van der Waals surface area (Å²) in [6.07, 6.45) is 6.09. The summed E-state index contributed by atoms with van der Waals surface area (Å²) >= 11 is 0. The van der Waals surface area contributed by atoms with E-state index in [0.717, 1.165) is 24.2 Å². The summed E-state index contributed by atoms with van der Waals surface area (Å²) in [4.78, 5) is 9.32. The fourth-order valence-corrected chi connectivity index (χ4v) is 3.40. The lowest BCUT2D eigenvalue weighted by atomic mass is 9.74. The summed E-state index contributed by atoms with van der Waals surface area (Å²) in [5, 5.41) is 0. The van der Waals surface area contributed by atoms with Crippen LogP contribution >= 0.6 is 0 Å². The van der Waals surface area contributed by atoms with Crippen molar-refractivity contribution in [3.63, 3.8) is 0 Å². The van der Waals surface area contributed by atoms with E-state index in [2.05, 4.69) is 49.8 Å². The number of hydrogen-bond acceptors (Lipinski definition) is 2. The van der Waals surface area contributed by atoms with Crippen molar-refractivity contribution in [3.8, 4) is 11.4 Å².